The van der Waals surface area contributed by atoms with Crippen LogP contribution in [-0.4, -0.2) is 21.4 Å². The van der Waals surface area contributed by atoms with E-state index in [1.54, 1.807) is 42.5 Å². The van der Waals surface area contributed by atoms with Gasteiger partial charge in [0.15, 0.2) is 11.3 Å². The number of anilines is 2. The van der Waals surface area contributed by atoms with Gasteiger partial charge in [-0.1, -0.05) is 42.0 Å². The third kappa shape index (κ3) is 4.58. The predicted molar refractivity (Wildman–Crippen MR) is 125 cm³/mol. The number of aryl methyl sites for hydroxylation is 1. The van der Waals surface area contributed by atoms with Gasteiger partial charge in [0.1, 0.15) is 5.56 Å². The molecule has 4 aromatic rings. The molecule has 33 heavy (non-hydrogen) atoms. The van der Waals surface area contributed by atoms with Gasteiger partial charge in [-0.15, -0.1) is 0 Å². The van der Waals surface area contributed by atoms with Gasteiger partial charge in [-0.3, -0.25) is 9.52 Å². The van der Waals surface area contributed by atoms with E-state index in [0.717, 1.165) is 5.56 Å². The molecule has 0 aliphatic carbocycles. The molecule has 4 rings (SSSR count). The molecule has 3 aromatic carbocycles. The zero-order valence-corrected chi connectivity index (χ0v) is 18.6. The second-order valence-electron chi connectivity index (χ2n) is 7.24. The fraction of sp³-hybridized carbons (Fsp3) is 0.0833. The summed E-state index contributed by atoms with van der Waals surface area (Å²) in [5, 5.41) is 3.09. The number of benzene rings is 3. The van der Waals surface area contributed by atoms with E-state index < -0.39 is 21.6 Å². The van der Waals surface area contributed by atoms with Gasteiger partial charge < -0.3 is 14.5 Å². The number of methoxy groups -OCH3 is 1. The zero-order chi connectivity index (χ0) is 23.6. The van der Waals surface area contributed by atoms with Crippen molar-refractivity contribution in [3.05, 3.63) is 94.3 Å². The third-order valence-electron chi connectivity index (χ3n) is 4.94. The number of rotatable bonds is 6. The molecule has 0 aliphatic rings. The maximum atomic E-state index is 12.9. The van der Waals surface area contributed by atoms with Crippen LogP contribution in [0.25, 0.3) is 11.0 Å². The third-order valence-corrected chi connectivity index (χ3v) is 6.32. The Morgan fingerprint density at radius 2 is 1.64 bits per heavy atom. The molecule has 1 amide bonds. The Kier molecular flexibility index (Phi) is 5.89. The van der Waals surface area contributed by atoms with Crippen LogP contribution in [0.3, 0.4) is 0 Å². The lowest BCUT2D eigenvalue weighted by Crippen LogP contribution is -2.22. The summed E-state index contributed by atoms with van der Waals surface area (Å²) in [6.45, 7) is 1.86. The molecular weight excluding hydrogens is 444 g/mol. The molecule has 0 fully saturated rings. The van der Waals surface area contributed by atoms with Crippen molar-refractivity contribution >= 4 is 38.3 Å². The second-order valence-corrected chi connectivity index (χ2v) is 8.93. The van der Waals surface area contributed by atoms with Crippen LogP contribution in [0.2, 0.25) is 0 Å². The Morgan fingerprint density at radius 3 is 2.33 bits per heavy atom. The molecular formula is C24H20N2O6S. The average Bonchev–Trinajstić information content (AvgIpc) is 2.79. The first-order valence-electron chi connectivity index (χ1n) is 9.89. The van der Waals surface area contributed by atoms with Crippen LogP contribution in [0.1, 0.15) is 15.9 Å². The van der Waals surface area contributed by atoms with Crippen molar-refractivity contribution in [2.45, 2.75) is 11.8 Å². The summed E-state index contributed by atoms with van der Waals surface area (Å²) < 4.78 is 38.5. The van der Waals surface area contributed by atoms with Gasteiger partial charge >= 0.3 is 5.63 Å². The van der Waals surface area contributed by atoms with E-state index in [-0.39, 0.29) is 27.4 Å². The number of nitrogens with one attached hydrogen (secondary N) is 2. The molecule has 1 heterocycles. The first kappa shape index (κ1) is 22.1. The monoisotopic (exact) mass is 464 g/mol. The Bertz CT molecular complexity index is 1510. The Labute approximate surface area is 189 Å². The lowest BCUT2D eigenvalue weighted by atomic mass is 10.1. The highest BCUT2D eigenvalue weighted by atomic mass is 32.2. The number of carbonyl (C=O) groups is 1. The topological polar surface area (TPSA) is 115 Å². The molecule has 0 atom stereocenters. The van der Waals surface area contributed by atoms with E-state index in [4.69, 9.17) is 9.15 Å². The minimum atomic E-state index is -3.89. The molecule has 0 aliphatic heterocycles. The Morgan fingerprint density at radius 1 is 0.939 bits per heavy atom. The van der Waals surface area contributed by atoms with Gasteiger partial charge in [-0.25, -0.2) is 13.2 Å². The fourth-order valence-corrected chi connectivity index (χ4v) is 4.31. The first-order valence-corrected chi connectivity index (χ1v) is 11.4. The van der Waals surface area contributed by atoms with Crippen LogP contribution < -0.4 is 20.4 Å². The van der Waals surface area contributed by atoms with Crippen molar-refractivity contribution in [3.8, 4) is 5.75 Å². The van der Waals surface area contributed by atoms with Crippen molar-refractivity contribution in [2.75, 3.05) is 17.1 Å². The van der Waals surface area contributed by atoms with Crippen LogP contribution in [0.15, 0.2) is 86.9 Å². The zero-order valence-electron chi connectivity index (χ0n) is 17.8. The van der Waals surface area contributed by atoms with Crippen LogP contribution >= 0.6 is 0 Å². The molecule has 0 bridgehead atoms. The number of para-hydroxylation sites is 3. The summed E-state index contributed by atoms with van der Waals surface area (Å²) in [5.41, 5.74) is 0.414. The summed E-state index contributed by atoms with van der Waals surface area (Å²) in [6, 6.07) is 19.1. The van der Waals surface area contributed by atoms with E-state index in [0.29, 0.717) is 11.1 Å². The van der Waals surface area contributed by atoms with Crippen LogP contribution in [0, 0.1) is 6.92 Å². The van der Waals surface area contributed by atoms with Gasteiger partial charge in [0.05, 0.1) is 23.4 Å². The van der Waals surface area contributed by atoms with Crippen molar-refractivity contribution in [3.63, 3.8) is 0 Å². The van der Waals surface area contributed by atoms with Crippen molar-refractivity contribution < 1.29 is 22.4 Å². The molecule has 168 valence electrons. The standard InChI is InChI=1S/C24H20N2O6S/c1-15-10-12-17(13-11-15)33(29,30)26-20-8-4-3-7-19(20)25-23(27)18-14-16-6-5-9-21(31-2)22(16)32-24(18)28/h3-14,26H,1-2H3,(H,25,27). The number of hydrogen-bond acceptors (Lipinski definition) is 6. The molecule has 0 spiro atoms. The molecule has 0 saturated carbocycles. The van der Waals surface area contributed by atoms with Gasteiger partial charge in [0.2, 0.25) is 0 Å². The van der Waals surface area contributed by atoms with Crippen molar-refractivity contribution in [2.24, 2.45) is 0 Å². The molecule has 2 N–H and O–H groups in total. The SMILES string of the molecule is COc1cccc2cc(C(=O)Nc3ccccc3NS(=O)(=O)c3ccc(C)cc3)c(=O)oc12. The number of amides is 1. The minimum Gasteiger partial charge on any atom is -0.493 e. The molecule has 1 aromatic heterocycles. The van der Waals surface area contributed by atoms with Crippen LogP contribution in [0.5, 0.6) is 5.75 Å². The van der Waals surface area contributed by atoms with Gasteiger partial charge in [0.25, 0.3) is 15.9 Å². The molecule has 0 radical (unpaired) electrons. The van der Waals surface area contributed by atoms with Gasteiger partial charge in [0, 0.05) is 5.39 Å². The maximum Gasteiger partial charge on any atom is 0.349 e. The van der Waals surface area contributed by atoms with E-state index >= 15 is 0 Å². The van der Waals surface area contributed by atoms with Gasteiger partial charge in [-0.2, -0.15) is 0 Å². The van der Waals surface area contributed by atoms with E-state index in [1.165, 1.54) is 37.4 Å². The predicted octanol–water partition coefficient (Wildman–Crippen LogP) is 4.16. The summed E-state index contributed by atoms with van der Waals surface area (Å²) in [5.74, 6) is -0.372. The lowest BCUT2D eigenvalue weighted by Gasteiger charge is -2.14. The smallest absolute Gasteiger partial charge is 0.349 e. The summed E-state index contributed by atoms with van der Waals surface area (Å²) in [6.07, 6.45) is 0. The number of sulfonamides is 1. The van der Waals surface area contributed by atoms with Crippen LogP contribution in [0.4, 0.5) is 11.4 Å². The minimum absolute atomic E-state index is 0.0818. The average molecular weight is 464 g/mol. The highest BCUT2D eigenvalue weighted by Gasteiger charge is 2.19. The lowest BCUT2D eigenvalue weighted by molar-refractivity contribution is 0.102. The highest BCUT2D eigenvalue weighted by Crippen LogP contribution is 2.27. The molecule has 9 heteroatoms. The molecule has 8 nitrogen and oxygen atoms in total. The second kappa shape index (κ2) is 8.79. The summed E-state index contributed by atoms with van der Waals surface area (Å²) in [7, 11) is -2.44. The quantitative estimate of drug-likeness (QED) is 0.414. The normalized spacial score (nSPS) is 11.2. The van der Waals surface area contributed by atoms with E-state index in [9.17, 15) is 18.0 Å². The van der Waals surface area contributed by atoms with Crippen molar-refractivity contribution in [1.82, 2.24) is 0 Å². The molecule has 0 saturated heterocycles. The van der Waals surface area contributed by atoms with E-state index in [1.807, 2.05) is 6.92 Å². The maximum absolute atomic E-state index is 12.9. The summed E-state index contributed by atoms with van der Waals surface area (Å²) >= 11 is 0. The number of ether oxygens (including phenoxy) is 1. The Balaban J connectivity index is 1.64. The highest BCUT2D eigenvalue weighted by molar-refractivity contribution is 7.92. The van der Waals surface area contributed by atoms with Gasteiger partial charge in [-0.05, 0) is 43.3 Å². The fourth-order valence-electron chi connectivity index (χ4n) is 3.23. The van der Waals surface area contributed by atoms with E-state index in [2.05, 4.69) is 10.0 Å². The first-order chi connectivity index (χ1) is 15.8. The number of fused-ring (bicyclic) bond motifs is 1. The number of carbonyl (C=O) groups excluding carboxylic acids is 1. The largest absolute Gasteiger partial charge is 0.493 e. The Hall–Kier alpha value is -4.11. The summed E-state index contributed by atoms with van der Waals surface area (Å²) in [4.78, 5) is 25.4. The van der Waals surface area contributed by atoms with Crippen molar-refractivity contribution in [1.29, 1.82) is 0 Å². The molecule has 0 unspecified atom stereocenters. The number of hydrogen-bond donors (Lipinski definition) is 2. The van der Waals surface area contributed by atoms with Crippen LogP contribution in [-0.2, 0) is 10.0 Å².